The molecule has 0 saturated heterocycles. The fraction of sp³-hybridized carbons (Fsp3) is 0.348. The number of carbonyl (C=O) groups is 2. The van der Waals surface area contributed by atoms with Crippen molar-refractivity contribution >= 4 is 17.5 Å². The van der Waals surface area contributed by atoms with Crippen molar-refractivity contribution in [1.29, 1.82) is 0 Å². The third-order valence-electron chi connectivity index (χ3n) is 5.09. The van der Waals surface area contributed by atoms with Crippen LogP contribution in [0.1, 0.15) is 37.4 Å². The second-order valence-electron chi connectivity index (χ2n) is 7.63. The van der Waals surface area contributed by atoms with Gasteiger partial charge < -0.3 is 9.64 Å². The van der Waals surface area contributed by atoms with E-state index in [1.807, 2.05) is 24.3 Å². The van der Waals surface area contributed by atoms with Crippen molar-refractivity contribution in [3.63, 3.8) is 0 Å². The van der Waals surface area contributed by atoms with E-state index >= 15 is 0 Å². The molecule has 3 rings (SSSR count). The SMILES string of the molecule is COc1ccc(C2CC(c3ccc(F)cc3)=NN2C(=O)CN(C)C(=O)C(C)C)cc1. The number of ether oxygens (including phenoxy) is 1. The number of benzene rings is 2. The van der Waals surface area contributed by atoms with Crippen LogP contribution in [-0.2, 0) is 9.59 Å². The number of likely N-dealkylation sites (N-methyl/N-ethyl adjacent to an activating group) is 1. The van der Waals surface area contributed by atoms with Crippen LogP contribution >= 0.6 is 0 Å². The second-order valence-corrected chi connectivity index (χ2v) is 7.63. The number of rotatable bonds is 6. The smallest absolute Gasteiger partial charge is 0.262 e. The molecule has 0 saturated carbocycles. The average molecular weight is 411 g/mol. The standard InChI is InChI=1S/C23H26FN3O3/c1-15(2)23(29)26(3)14-22(28)27-21(17-7-11-19(30-4)12-8-17)13-20(25-27)16-5-9-18(24)10-6-16/h5-12,15,21H,13-14H2,1-4H3. The van der Waals surface area contributed by atoms with E-state index in [4.69, 9.17) is 4.74 Å². The zero-order valence-electron chi connectivity index (χ0n) is 17.6. The second kappa shape index (κ2) is 9.07. The Hall–Kier alpha value is -3.22. The molecule has 0 N–H and O–H groups in total. The number of carbonyl (C=O) groups excluding carboxylic acids is 2. The average Bonchev–Trinajstić information content (AvgIpc) is 3.19. The zero-order valence-corrected chi connectivity index (χ0v) is 17.6. The number of halogens is 1. The highest BCUT2D eigenvalue weighted by Crippen LogP contribution is 2.33. The summed E-state index contributed by atoms with van der Waals surface area (Å²) in [6.07, 6.45) is 0.492. The van der Waals surface area contributed by atoms with Crippen LogP contribution in [0, 0.1) is 11.7 Å². The Kier molecular flexibility index (Phi) is 6.50. The quantitative estimate of drug-likeness (QED) is 0.729. The normalized spacial score (nSPS) is 15.9. The molecule has 1 aliphatic rings. The van der Waals surface area contributed by atoms with Crippen molar-refractivity contribution in [2.75, 3.05) is 20.7 Å². The first-order chi connectivity index (χ1) is 14.3. The summed E-state index contributed by atoms with van der Waals surface area (Å²) in [6, 6.07) is 13.2. The first-order valence-electron chi connectivity index (χ1n) is 9.84. The number of hydrogen-bond donors (Lipinski definition) is 0. The highest BCUT2D eigenvalue weighted by atomic mass is 19.1. The van der Waals surface area contributed by atoms with Gasteiger partial charge in [0.25, 0.3) is 5.91 Å². The summed E-state index contributed by atoms with van der Waals surface area (Å²) < 4.78 is 18.5. The molecule has 0 radical (unpaired) electrons. The van der Waals surface area contributed by atoms with Crippen molar-refractivity contribution in [3.8, 4) is 5.75 Å². The molecular formula is C23H26FN3O3. The molecule has 6 nitrogen and oxygen atoms in total. The molecule has 2 aromatic carbocycles. The first kappa shape index (κ1) is 21.5. The van der Waals surface area contributed by atoms with E-state index in [9.17, 15) is 14.0 Å². The molecule has 0 bridgehead atoms. The molecule has 1 heterocycles. The number of nitrogens with zero attached hydrogens (tertiary/aromatic N) is 3. The lowest BCUT2D eigenvalue weighted by molar-refractivity contribution is -0.142. The minimum Gasteiger partial charge on any atom is -0.497 e. The van der Waals surface area contributed by atoms with Gasteiger partial charge in [-0.2, -0.15) is 5.10 Å². The number of hydrogen-bond acceptors (Lipinski definition) is 4. The Labute approximate surface area is 175 Å². The van der Waals surface area contributed by atoms with Gasteiger partial charge in [-0.1, -0.05) is 38.1 Å². The summed E-state index contributed by atoms with van der Waals surface area (Å²) in [4.78, 5) is 26.7. The van der Waals surface area contributed by atoms with Crippen molar-refractivity contribution in [2.24, 2.45) is 11.0 Å². The predicted molar refractivity (Wildman–Crippen MR) is 113 cm³/mol. The molecule has 1 unspecified atom stereocenters. The van der Waals surface area contributed by atoms with Gasteiger partial charge in [0.05, 0.1) is 18.9 Å². The van der Waals surface area contributed by atoms with E-state index in [1.165, 1.54) is 22.0 Å². The zero-order chi connectivity index (χ0) is 21.8. The molecule has 0 aliphatic carbocycles. The molecule has 1 atom stereocenters. The number of amides is 2. The minimum absolute atomic E-state index is 0.0656. The van der Waals surface area contributed by atoms with Crippen LogP contribution in [0.25, 0.3) is 0 Å². The van der Waals surface area contributed by atoms with Gasteiger partial charge in [0.15, 0.2) is 0 Å². The number of hydrazone groups is 1. The lowest BCUT2D eigenvalue weighted by Gasteiger charge is -2.25. The molecule has 30 heavy (non-hydrogen) atoms. The summed E-state index contributed by atoms with van der Waals surface area (Å²) in [7, 11) is 3.21. The van der Waals surface area contributed by atoms with Gasteiger partial charge in [-0.3, -0.25) is 9.59 Å². The van der Waals surface area contributed by atoms with Gasteiger partial charge in [-0.25, -0.2) is 9.40 Å². The lowest BCUT2D eigenvalue weighted by atomic mass is 9.98. The minimum atomic E-state index is -0.328. The van der Waals surface area contributed by atoms with Crippen LogP contribution in [0.2, 0.25) is 0 Å². The fourth-order valence-corrected chi connectivity index (χ4v) is 3.44. The Bertz CT molecular complexity index is 939. The summed E-state index contributed by atoms with van der Waals surface area (Å²) in [5.41, 5.74) is 2.36. The van der Waals surface area contributed by atoms with Gasteiger partial charge in [0.2, 0.25) is 5.91 Å². The van der Waals surface area contributed by atoms with Crippen LogP contribution in [0.5, 0.6) is 5.75 Å². The maximum absolute atomic E-state index is 13.3. The largest absolute Gasteiger partial charge is 0.497 e. The lowest BCUT2D eigenvalue weighted by Crippen LogP contribution is -2.40. The van der Waals surface area contributed by atoms with E-state index in [1.54, 1.807) is 40.1 Å². The van der Waals surface area contributed by atoms with Crippen molar-refractivity contribution in [3.05, 3.63) is 65.5 Å². The van der Waals surface area contributed by atoms with Crippen LogP contribution < -0.4 is 4.74 Å². The van der Waals surface area contributed by atoms with Gasteiger partial charge >= 0.3 is 0 Å². The van der Waals surface area contributed by atoms with Crippen LogP contribution in [0.4, 0.5) is 4.39 Å². The van der Waals surface area contributed by atoms with Gasteiger partial charge in [-0.15, -0.1) is 0 Å². The molecule has 7 heteroatoms. The molecular weight excluding hydrogens is 385 g/mol. The molecule has 0 aromatic heterocycles. The summed E-state index contributed by atoms with van der Waals surface area (Å²) in [5.74, 6) is -0.185. The molecule has 0 spiro atoms. The van der Waals surface area contributed by atoms with Crippen molar-refractivity contribution < 1.29 is 18.7 Å². The van der Waals surface area contributed by atoms with E-state index in [2.05, 4.69) is 5.10 Å². The fourth-order valence-electron chi connectivity index (χ4n) is 3.44. The Balaban J connectivity index is 1.89. The van der Waals surface area contributed by atoms with Gasteiger partial charge in [0, 0.05) is 19.4 Å². The third-order valence-corrected chi connectivity index (χ3v) is 5.09. The van der Waals surface area contributed by atoms with Gasteiger partial charge in [-0.05, 0) is 35.4 Å². The Morgan fingerprint density at radius 3 is 2.37 bits per heavy atom. The Morgan fingerprint density at radius 1 is 1.17 bits per heavy atom. The van der Waals surface area contributed by atoms with Crippen molar-refractivity contribution in [1.82, 2.24) is 9.91 Å². The summed E-state index contributed by atoms with van der Waals surface area (Å²) in [6.45, 7) is 3.53. The Morgan fingerprint density at radius 2 is 1.80 bits per heavy atom. The van der Waals surface area contributed by atoms with Crippen molar-refractivity contribution in [2.45, 2.75) is 26.3 Å². The highest BCUT2D eigenvalue weighted by molar-refractivity contribution is 6.03. The predicted octanol–water partition coefficient (Wildman–Crippen LogP) is 3.63. The third kappa shape index (κ3) is 4.67. The van der Waals surface area contributed by atoms with E-state index in [-0.39, 0.29) is 36.1 Å². The first-order valence-corrected chi connectivity index (χ1v) is 9.84. The summed E-state index contributed by atoms with van der Waals surface area (Å²) in [5, 5.41) is 5.99. The summed E-state index contributed by atoms with van der Waals surface area (Å²) >= 11 is 0. The van der Waals surface area contributed by atoms with E-state index in [0.717, 1.165) is 16.9 Å². The van der Waals surface area contributed by atoms with Gasteiger partial charge in [0.1, 0.15) is 18.1 Å². The monoisotopic (exact) mass is 411 g/mol. The molecule has 2 aromatic rings. The molecule has 158 valence electrons. The topological polar surface area (TPSA) is 62.2 Å². The molecule has 2 amide bonds. The molecule has 0 fully saturated rings. The van der Waals surface area contributed by atoms with E-state index < -0.39 is 0 Å². The maximum atomic E-state index is 13.3. The molecule has 1 aliphatic heterocycles. The van der Waals surface area contributed by atoms with E-state index in [0.29, 0.717) is 12.1 Å². The van der Waals surface area contributed by atoms with Crippen LogP contribution in [0.15, 0.2) is 53.6 Å². The highest BCUT2D eigenvalue weighted by Gasteiger charge is 2.34. The maximum Gasteiger partial charge on any atom is 0.262 e. The van der Waals surface area contributed by atoms with Crippen LogP contribution in [0.3, 0.4) is 0 Å². The van der Waals surface area contributed by atoms with Crippen LogP contribution in [-0.4, -0.2) is 48.1 Å². The number of methoxy groups -OCH3 is 1.